The fourth-order valence-electron chi connectivity index (χ4n) is 1.79. The lowest BCUT2D eigenvalue weighted by molar-refractivity contribution is -0.168. The van der Waals surface area contributed by atoms with Gasteiger partial charge in [-0.3, -0.25) is 14.3 Å². The minimum Gasteiger partial charge on any atom is -0.387 e. The lowest BCUT2D eigenvalue weighted by Gasteiger charge is -2.16. The largest absolute Gasteiger partial charge is 0.387 e. The van der Waals surface area contributed by atoms with E-state index in [2.05, 4.69) is 0 Å². The van der Waals surface area contributed by atoms with Gasteiger partial charge in [-0.05, 0) is 0 Å². The number of hydrogen-bond donors (Lipinski definition) is 5. The third kappa shape index (κ3) is 2.09. The van der Waals surface area contributed by atoms with Crippen LogP contribution >= 0.6 is 0 Å². The van der Waals surface area contributed by atoms with Crippen LogP contribution in [0.15, 0.2) is 21.9 Å². The molecule has 0 aliphatic carbocycles. The molecule has 18 heavy (non-hydrogen) atoms. The summed E-state index contributed by atoms with van der Waals surface area (Å²) in [7, 11) is 0. The van der Waals surface area contributed by atoms with Gasteiger partial charge in [-0.1, -0.05) is 0 Å². The van der Waals surface area contributed by atoms with Crippen molar-refractivity contribution in [2.45, 2.75) is 30.8 Å². The van der Waals surface area contributed by atoms with Crippen molar-refractivity contribution in [2.24, 2.45) is 0 Å². The van der Waals surface area contributed by atoms with Gasteiger partial charge in [-0.15, -0.1) is 0 Å². The van der Waals surface area contributed by atoms with Gasteiger partial charge in [-0.2, -0.15) is 0 Å². The van der Waals surface area contributed by atoms with E-state index in [0.29, 0.717) is 0 Å². The lowest BCUT2D eigenvalue weighted by atomic mass is 10.1. The third-order valence-electron chi connectivity index (χ3n) is 2.69. The number of hydrogen-bond acceptors (Lipinski definition) is 7. The van der Waals surface area contributed by atoms with Crippen LogP contribution in [0.1, 0.15) is 6.23 Å². The highest BCUT2D eigenvalue weighted by molar-refractivity contribution is 4.93. The molecule has 1 saturated heterocycles. The highest BCUT2D eigenvalue weighted by atomic mass is 16.6. The Kier molecular flexibility index (Phi) is 3.32. The first-order chi connectivity index (χ1) is 8.41. The molecular weight excluding hydrogens is 248 g/mol. The summed E-state index contributed by atoms with van der Waals surface area (Å²) in [4.78, 5) is 24.3. The Morgan fingerprint density at radius 1 is 1.28 bits per heavy atom. The predicted molar refractivity (Wildman–Crippen MR) is 55.5 cm³/mol. The molecule has 1 fully saturated rings. The van der Waals surface area contributed by atoms with Crippen LogP contribution in [0.25, 0.3) is 0 Å². The minimum atomic E-state index is -2.00. The van der Waals surface area contributed by atoms with Crippen LogP contribution in [-0.2, 0) is 4.74 Å². The van der Waals surface area contributed by atoms with Crippen molar-refractivity contribution in [3.63, 3.8) is 0 Å². The summed E-state index contributed by atoms with van der Waals surface area (Å²) < 4.78 is 5.84. The quantitative estimate of drug-likeness (QED) is 0.346. The number of nitrogens with one attached hydrogen (secondary N) is 1. The van der Waals surface area contributed by atoms with Crippen molar-refractivity contribution in [3.8, 4) is 0 Å². The molecule has 0 amide bonds. The number of rotatable bonds is 2. The molecule has 1 aromatic rings. The maximum absolute atomic E-state index is 11.5. The van der Waals surface area contributed by atoms with E-state index in [1.54, 1.807) is 0 Å². The van der Waals surface area contributed by atoms with Crippen LogP contribution in [0.2, 0.25) is 0 Å². The average Bonchev–Trinajstić information content (AvgIpc) is 2.57. The average molecular weight is 260 g/mol. The number of aromatic nitrogens is 2. The van der Waals surface area contributed by atoms with Gasteiger partial charge in [0.25, 0.3) is 5.56 Å². The smallest absolute Gasteiger partial charge is 0.330 e. The molecule has 4 atom stereocenters. The topological polar surface area (TPSA) is 145 Å². The first-order valence-corrected chi connectivity index (χ1v) is 5.11. The zero-order chi connectivity index (χ0) is 13.4. The van der Waals surface area contributed by atoms with Crippen LogP contribution in [0.4, 0.5) is 0 Å². The Balaban J connectivity index is 2.35. The lowest BCUT2D eigenvalue weighted by Crippen LogP contribution is -2.39. The maximum Gasteiger partial charge on any atom is 0.330 e. The predicted octanol–water partition coefficient (Wildman–Crippen LogP) is -3.53. The molecule has 0 spiro atoms. The Labute approximate surface area is 99.5 Å². The summed E-state index contributed by atoms with van der Waals surface area (Å²) in [6.45, 7) is 0. The molecule has 9 heteroatoms. The number of H-pyrrole nitrogens is 1. The molecule has 2 heterocycles. The van der Waals surface area contributed by atoms with Crippen molar-refractivity contribution in [3.05, 3.63) is 33.1 Å². The second-order valence-electron chi connectivity index (χ2n) is 3.90. The van der Waals surface area contributed by atoms with E-state index in [-0.39, 0.29) is 0 Å². The second-order valence-corrected chi connectivity index (χ2v) is 3.90. The van der Waals surface area contributed by atoms with Gasteiger partial charge in [0.2, 0.25) is 0 Å². The molecule has 0 saturated carbocycles. The van der Waals surface area contributed by atoms with Crippen molar-refractivity contribution in [1.82, 2.24) is 9.55 Å². The Morgan fingerprint density at radius 3 is 2.44 bits per heavy atom. The summed E-state index contributed by atoms with van der Waals surface area (Å²) in [6, 6.07) is 1.03. The Morgan fingerprint density at radius 2 is 1.94 bits per heavy atom. The molecule has 0 bridgehead atoms. The summed E-state index contributed by atoms with van der Waals surface area (Å²) in [5, 5.41) is 37.1. The van der Waals surface area contributed by atoms with E-state index >= 15 is 0 Å². The number of aliphatic hydroxyl groups excluding tert-OH is 3. The zero-order valence-electron chi connectivity index (χ0n) is 9.00. The normalized spacial score (nSPS) is 32.1. The molecule has 0 radical (unpaired) electrons. The van der Waals surface area contributed by atoms with E-state index < -0.39 is 42.1 Å². The van der Waals surface area contributed by atoms with Crippen molar-refractivity contribution in [2.75, 3.05) is 0 Å². The van der Waals surface area contributed by atoms with E-state index in [1.807, 2.05) is 4.98 Å². The van der Waals surface area contributed by atoms with Crippen molar-refractivity contribution in [1.29, 1.82) is 0 Å². The monoisotopic (exact) mass is 260 g/mol. The highest BCUT2D eigenvalue weighted by Gasteiger charge is 2.46. The standard InChI is InChI=1S/C9H12N2O7/c12-3-1-2-11(9(17)10-3)7-5(14)4(13)6(18-7)8(15)16/h1-2,4-8,13-16H,(H,10,12,17)/t4-,5+,6-,7+/m0/s1. The summed E-state index contributed by atoms with van der Waals surface area (Å²) >= 11 is 0. The van der Waals surface area contributed by atoms with Crippen molar-refractivity contribution >= 4 is 0 Å². The molecule has 9 nitrogen and oxygen atoms in total. The van der Waals surface area contributed by atoms with Crippen LogP contribution < -0.4 is 11.2 Å². The van der Waals surface area contributed by atoms with Gasteiger partial charge in [0.05, 0.1) is 0 Å². The van der Waals surface area contributed by atoms with Gasteiger partial charge >= 0.3 is 5.69 Å². The maximum atomic E-state index is 11.5. The summed E-state index contributed by atoms with van der Waals surface area (Å²) in [6.07, 6.45) is -6.76. The molecule has 1 aliphatic heterocycles. The van der Waals surface area contributed by atoms with E-state index in [9.17, 15) is 19.8 Å². The van der Waals surface area contributed by atoms with Crippen LogP contribution in [0, 0.1) is 0 Å². The second kappa shape index (κ2) is 4.63. The van der Waals surface area contributed by atoms with Crippen LogP contribution in [0.3, 0.4) is 0 Å². The fourth-order valence-corrected chi connectivity index (χ4v) is 1.79. The van der Waals surface area contributed by atoms with Crippen LogP contribution in [-0.4, -0.2) is 54.6 Å². The van der Waals surface area contributed by atoms with Gasteiger partial charge in [0.15, 0.2) is 12.5 Å². The van der Waals surface area contributed by atoms with Crippen LogP contribution in [0.5, 0.6) is 0 Å². The fraction of sp³-hybridized carbons (Fsp3) is 0.556. The van der Waals surface area contributed by atoms with Gasteiger partial charge in [0, 0.05) is 12.3 Å². The third-order valence-corrected chi connectivity index (χ3v) is 2.69. The van der Waals surface area contributed by atoms with Crippen molar-refractivity contribution < 1.29 is 25.2 Å². The Hall–Kier alpha value is -1.52. The van der Waals surface area contributed by atoms with Gasteiger partial charge in [-0.25, -0.2) is 4.79 Å². The number of aromatic amines is 1. The summed E-state index contributed by atoms with van der Waals surface area (Å²) in [5.74, 6) is 0. The van der Waals surface area contributed by atoms with E-state index in [4.69, 9.17) is 14.9 Å². The molecule has 0 unspecified atom stereocenters. The number of aliphatic hydroxyl groups is 4. The zero-order valence-corrected chi connectivity index (χ0v) is 9.00. The molecular formula is C9H12N2O7. The molecule has 2 rings (SSSR count). The molecule has 100 valence electrons. The molecule has 1 aliphatic rings. The minimum absolute atomic E-state index is 0.622. The SMILES string of the molecule is O=c1ccn([C@@H]2O[C@H](C(O)O)[C@@H](O)[C@H]2O)c(=O)[nH]1. The molecule has 5 N–H and O–H groups in total. The number of nitrogens with zero attached hydrogens (tertiary/aromatic N) is 1. The Bertz CT molecular complexity index is 536. The first kappa shape index (κ1) is 12.9. The van der Waals surface area contributed by atoms with Gasteiger partial charge in [0.1, 0.15) is 18.3 Å². The number of ether oxygens (including phenoxy) is 1. The highest BCUT2D eigenvalue weighted by Crippen LogP contribution is 2.29. The first-order valence-electron chi connectivity index (χ1n) is 5.11. The molecule has 1 aromatic heterocycles. The molecule has 0 aromatic carbocycles. The van der Waals surface area contributed by atoms with E-state index in [1.165, 1.54) is 0 Å². The summed E-state index contributed by atoms with van der Waals surface area (Å²) in [5.41, 5.74) is -1.46. The van der Waals surface area contributed by atoms with Gasteiger partial charge < -0.3 is 25.2 Å². The van der Waals surface area contributed by atoms with E-state index in [0.717, 1.165) is 16.8 Å².